The number of nitrogens with zero attached hydrogens (tertiary/aromatic N) is 2. The van der Waals surface area contributed by atoms with Crippen LogP contribution in [0.3, 0.4) is 0 Å². The average molecular weight is 346 g/mol. The molecule has 0 saturated heterocycles. The van der Waals surface area contributed by atoms with Crippen LogP contribution < -0.4 is 11.0 Å². The van der Waals surface area contributed by atoms with E-state index >= 15 is 0 Å². The molecule has 0 bridgehead atoms. The van der Waals surface area contributed by atoms with Gasteiger partial charge in [0.15, 0.2) is 0 Å². The van der Waals surface area contributed by atoms with Crippen molar-refractivity contribution >= 4 is 16.9 Å². The number of hydrogen-bond donors (Lipinski definition) is 2. The molecular formula is C20H18N4O2. The molecule has 0 aliphatic carbocycles. The van der Waals surface area contributed by atoms with Crippen molar-refractivity contribution in [2.45, 2.75) is 6.54 Å². The molecule has 2 aromatic carbocycles. The maximum absolute atomic E-state index is 12.4. The average Bonchev–Trinajstić information content (AvgIpc) is 3.30. The first-order chi connectivity index (χ1) is 12.7. The van der Waals surface area contributed by atoms with Crippen molar-refractivity contribution in [2.75, 3.05) is 6.54 Å². The predicted molar refractivity (Wildman–Crippen MR) is 101 cm³/mol. The first-order valence-electron chi connectivity index (χ1n) is 8.41. The van der Waals surface area contributed by atoms with Gasteiger partial charge in [-0.05, 0) is 42.5 Å². The number of aromatic nitrogens is 3. The van der Waals surface area contributed by atoms with Crippen molar-refractivity contribution in [1.82, 2.24) is 19.4 Å². The molecule has 6 nitrogen and oxygen atoms in total. The quantitative estimate of drug-likeness (QED) is 0.583. The third-order valence-corrected chi connectivity index (χ3v) is 4.31. The molecule has 0 saturated carbocycles. The Hall–Kier alpha value is -3.54. The minimum Gasteiger partial charge on any atom is -0.350 e. The fourth-order valence-electron chi connectivity index (χ4n) is 3.03. The third-order valence-electron chi connectivity index (χ3n) is 4.31. The second-order valence-corrected chi connectivity index (χ2v) is 6.00. The molecule has 1 amide bonds. The number of rotatable bonds is 5. The molecule has 2 heterocycles. The molecule has 0 aliphatic rings. The number of H-pyrrole nitrogens is 1. The van der Waals surface area contributed by atoms with Crippen LogP contribution in [0.2, 0.25) is 0 Å². The largest absolute Gasteiger partial charge is 0.350 e. The van der Waals surface area contributed by atoms with E-state index in [1.807, 2.05) is 71.6 Å². The standard InChI is InChI=1S/C20H18N4O2/c25-19(15-6-5-7-16(14-15)23-11-3-4-12-23)21-10-13-24-18-9-2-1-8-17(18)22-20(24)26/h1-9,11-12,14H,10,13H2,(H,21,25)(H,22,26). The Balaban J connectivity index is 1.45. The van der Waals surface area contributed by atoms with Gasteiger partial charge in [0.2, 0.25) is 0 Å². The number of carbonyl (C=O) groups is 1. The molecule has 0 fully saturated rings. The third kappa shape index (κ3) is 3.04. The van der Waals surface area contributed by atoms with Crippen LogP contribution in [0.1, 0.15) is 10.4 Å². The van der Waals surface area contributed by atoms with E-state index in [0.29, 0.717) is 18.7 Å². The van der Waals surface area contributed by atoms with Gasteiger partial charge in [-0.25, -0.2) is 4.79 Å². The Morgan fingerprint density at radius 1 is 1.00 bits per heavy atom. The maximum atomic E-state index is 12.4. The van der Waals surface area contributed by atoms with E-state index in [-0.39, 0.29) is 11.6 Å². The van der Waals surface area contributed by atoms with Gasteiger partial charge in [0.05, 0.1) is 11.0 Å². The molecule has 2 N–H and O–H groups in total. The summed E-state index contributed by atoms with van der Waals surface area (Å²) < 4.78 is 3.58. The molecule has 0 aliphatic heterocycles. The Morgan fingerprint density at radius 3 is 2.65 bits per heavy atom. The Kier molecular flexibility index (Phi) is 4.15. The lowest BCUT2D eigenvalue weighted by atomic mass is 10.2. The van der Waals surface area contributed by atoms with Crippen LogP contribution >= 0.6 is 0 Å². The number of aromatic amines is 1. The Bertz CT molecular complexity index is 1110. The van der Waals surface area contributed by atoms with E-state index in [4.69, 9.17) is 0 Å². The summed E-state index contributed by atoms with van der Waals surface area (Å²) in [6.45, 7) is 0.778. The molecule has 0 atom stereocenters. The summed E-state index contributed by atoms with van der Waals surface area (Å²) >= 11 is 0. The zero-order valence-electron chi connectivity index (χ0n) is 14.1. The van der Waals surface area contributed by atoms with Crippen molar-refractivity contribution in [2.24, 2.45) is 0 Å². The lowest BCUT2D eigenvalue weighted by Crippen LogP contribution is -2.30. The molecule has 4 aromatic rings. The SMILES string of the molecule is O=C(NCCn1c(=O)[nH]c2ccccc21)c1cccc(-n2cccc2)c1. The van der Waals surface area contributed by atoms with Gasteiger partial charge < -0.3 is 14.9 Å². The highest BCUT2D eigenvalue weighted by Crippen LogP contribution is 2.11. The first kappa shape index (κ1) is 16.0. The highest BCUT2D eigenvalue weighted by molar-refractivity contribution is 5.94. The second-order valence-electron chi connectivity index (χ2n) is 6.00. The van der Waals surface area contributed by atoms with Crippen LogP contribution in [0.5, 0.6) is 0 Å². The summed E-state index contributed by atoms with van der Waals surface area (Å²) in [7, 11) is 0. The van der Waals surface area contributed by atoms with Crippen LogP contribution in [0.25, 0.3) is 16.7 Å². The van der Waals surface area contributed by atoms with Crippen LogP contribution in [-0.2, 0) is 6.54 Å². The highest BCUT2D eigenvalue weighted by atomic mass is 16.2. The topological polar surface area (TPSA) is 71.8 Å². The van der Waals surface area contributed by atoms with Crippen LogP contribution in [0.4, 0.5) is 0 Å². The van der Waals surface area contributed by atoms with Gasteiger partial charge in [-0.1, -0.05) is 18.2 Å². The van der Waals surface area contributed by atoms with Gasteiger partial charge in [-0.2, -0.15) is 0 Å². The molecular weight excluding hydrogens is 328 g/mol. The molecule has 0 spiro atoms. The van der Waals surface area contributed by atoms with Crippen molar-refractivity contribution in [3.05, 3.63) is 89.1 Å². The molecule has 4 rings (SSSR count). The Labute approximate surface area is 149 Å². The monoisotopic (exact) mass is 346 g/mol. The van der Waals surface area contributed by atoms with Gasteiger partial charge in [0.1, 0.15) is 0 Å². The van der Waals surface area contributed by atoms with Gasteiger partial charge in [0, 0.05) is 36.7 Å². The predicted octanol–water partition coefficient (Wildman–Crippen LogP) is 2.55. The summed E-state index contributed by atoms with van der Waals surface area (Å²) in [5.74, 6) is -0.160. The van der Waals surface area contributed by atoms with E-state index in [1.165, 1.54) is 0 Å². The van der Waals surface area contributed by atoms with Crippen LogP contribution in [0.15, 0.2) is 77.9 Å². The highest BCUT2D eigenvalue weighted by Gasteiger charge is 2.09. The molecule has 0 unspecified atom stereocenters. The number of imidazole rings is 1. The van der Waals surface area contributed by atoms with Crippen LogP contribution in [-0.4, -0.2) is 26.6 Å². The summed E-state index contributed by atoms with van der Waals surface area (Å²) in [5, 5.41) is 2.88. The fourth-order valence-corrected chi connectivity index (χ4v) is 3.03. The smallest absolute Gasteiger partial charge is 0.326 e. The maximum Gasteiger partial charge on any atom is 0.326 e. The van der Waals surface area contributed by atoms with Crippen molar-refractivity contribution < 1.29 is 4.79 Å². The van der Waals surface area contributed by atoms with E-state index < -0.39 is 0 Å². The van der Waals surface area contributed by atoms with Gasteiger partial charge in [-0.15, -0.1) is 0 Å². The zero-order valence-corrected chi connectivity index (χ0v) is 14.1. The molecule has 0 radical (unpaired) electrons. The number of amides is 1. The first-order valence-corrected chi connectivity index (χ1v) is 8.41. The van der Waals surface area contributed by atoms with Gasteiger partial charge in [-0.3, -0.25) is 9.36 Å². The number of para-hydroxylation sites is 2. The number of benzene rings is 2. The number of hydrogen-bond acceptors (Lipinski definition) is 2. The molecule has 26 heavy (non-hydrogen) atoms. The summed E-state index contributed by atoms with van der Waals surface area (Å²) in [5.41, 5.74) is 2.97. The summed E-state index contributed by atoms with van der Waals surface area (Å²) in [6.07, 6.45) is 3.86. The fraction of sp³-hybridized carbons (Fsp3) is 0.100. The second kappa shape index (κ2) is 6.76. The minimum absolute atomic E-state index is 0.160. The Morgan fingerprint density at radius 2 is 1.81 bits per heavy atom. The van der Waals surface area contributed by atoms with Crippen LogP contribution in [0, 0.1) is 0 Å². The normalized spacial score (nSPS) is 10.9. The van der Waals surface area contributed by atoms with E-state index in [2.05, 4.69) is 10.3 Å². The molecule has 130 valence electrons. The van der Waals surface area contributed by atoms with Crippen molar-refractivity contribution in [1.29, 1.82) is 0 Å². The minimum atomic E-state index is -0.171. The lowest BCUT2D eigenvalue weighted by molar-refractivity contribution is 0.0952. The molecule has 6 heteroatoms. The molecule has 2 aromatic heterocycles. The van der Waals surface area contributed by atoms with Gasteiger partial charge >= 0.3 is 5.69 Å². The number of fused-ring (bicyclic) bond motifs is 1. The summed E-state index contributed by atoms with van der Waals surface area (Å²) in [4.78, 5) is 27.3. The van der Waals surface area contributed by atoms with E-state index in [1.54, 1.807) is 10.6 Å². The number of carbonyl (C=O) groups excluding carboxylic acids is 1. The van der Waals surface area contributed by atoms with Crippen molar-refractivity contribution in [3.8, 4) is 5.69 Å². The number of nitrogens with one attached hydrogen (secondary N) is 2. The van der Waals surface area contributed by atoms with Gasteiger partial charge in [0.25, 0.3) is 5.91 Å². The van der Waals surface area contributed by atoms with Crippen molar-refractivity contribution in [3.63, 3.8) is 0 Å². The van der Waals surface area contributed by atoms with E-state index in [9.17, 15) is 9.59 Å². The van der Waals surface area contributed by atoms with E-state index in [0.717, 1.165) is 16.7 Å². The summed E-state index contributed by atoms with van der Waals surface area (Å²) in [6, 6.07) is 18.8. The lowest BCUT2D eigenvalue weighted by Gasteiger charge is -2.08. The zero-order chi connectivity index (χ0) is 17.9.